The molecule has 0 radical (unpaired) electrons. The van der Waals surface area contributed by atoms with Gasteiger partial charge in [-0.3, -0.25) is 9.36 Å². The summed E-state index contributed by atoms with van der Waals surface area (Å²) in [7, 11) is 0. The number of aromatic nitrogens is 1. The maximum absolute atomic E-state index is 13.5. The smallest absolute Gasteiger partial charge is 0.359 e. The van der Waals surface area contributed by atoms with Crippen LogP contribution in [0, 0.1) is 5.82 Å². The van der Waals surface area contributed by atoms with Gasteiger partial charge in [-0.15, -0.1) is 0 Å². The van der Waals surface area contributed by atoms with E-state index in [0.29, 0.717) is 18.9 Å². The van der Waals surface area contributed by atoms with Gasteiger partial charge in [0, 0.05) is 5.69 Å². The number of ether oxygens (including phenoxy) is 3. The minimum absolute atomic E-state index is 0.0140. The molecule has 0 bridgehead atoms. The number of hydrogen-bond donors (Lipinski definition) is 1. The Labute approximate surface area is 175 Å². The Morgan fingerprint density at radius 3 is 1.93 bits per heavy atom. The molecule has 2 rings (SSSR count). The molecule has 0 saturated carbocycles. The third-order valence-corrected chi connectivity index (χ3v) is 4.36. The molecule has 7 nitrogen and oxygen atoms in total. The van der Waals surface area contributed by atoms with E-state index in [0.717, 1.165) is 25.7 Å². The highest BCUT2D eigenvalue weighted by Crippen LogP contribution is 2.41. The van der Waals surface area contributed by atoms with Gasteiger partial charge in [-0.05, 0) is 44.0 Å². The average Bonchev–Trinajstić information content (AvgIpc) is 3.04. The van der Waals surface area contributed by atoms with Crippen molar-refractivity contribution in [1.82, 2.24) is 4.57 Å². The molecule has 0 fully saturated rings. The number of hydrogen-bond acceptors (Lipinski definition) is 5. The van der Waals surface area contributed by atoms with Gasteiger partial charge in [0.05, 0.1) is 19.8 Å². The molecule has 2 N–H and O–H groups in total. The molecule has 2 aromatic rings. The molecule has 0 atom stereocenters. The van der Waals surface area contributed by atoms with Crippen LogP contribution in [0.4, 0.5) is 4.39 Å². The standard InChI is InChI=1S/C22H29FN2O5/c1-4-7-13-29-19-17(21(24)26)25(16-11-9-15(23)10-12-16)18(22(27)28-6-3)20(19)30-14-8-5-2/h9-12H,4-8,13-14H2,1-3H3,(H2,24,26). The minimum Gasteiger partial charge on any atom is -0.487 e. The molecule has 164 valence electrons. The van der Waals surface area contributed by atoms with Crippen molar-refractivity contribution in [2.75, 3.05) is 19.8 Å². The first-order chi connectivity index (χ1) is 14.5. The third-order valence-electron chi connectivity index (χ3n) is 4.36. The molecule has 30 heavy (non-hydrogen) atoms. The van der Waals surface area contributed by atoms with Crippen molar-refractivity contribution in [3.05, 3.63) is 41.5 Å². The number of unbranched alkanes of at least 4 members (excludes halogenated alkanes) is 2. The van der Waals surface area contributed by atoms with Crippen LogP contribution < -0.4 is 15.2 Å². The summed E-state index contributed by atoms with van der Waals surface area (Å²) < 4.78 is 31.8. The Kier molecular flexibility index (Phi) is 8.70. The fraction of sp³-hybridized carbons (Fsp3) is 0.455. The van der Waals surface area contributed by atoms with Crippen LogP contribution in [0.1, 0.15) is 67.4 Å². The zero-order valence-electron chi connectivity index (χ0n) is 17.7. The molecular formula is C22H29FN2O5. The number of halogens is 1. The lowest BCUT2D eigenvalue weighted by Gasteiger charge is -2.12. The molecule has 0 aliphatic heterocycles. The molecule has 0 spiro atoms. The van der Waals surface area contributed by atoms with E-state index in [4.69, 9.17) is 19.9 Å². The van der Waals surface area contributed by atoms with Crippen molar-refractivity contribution in [3.8, 4) is 17.2 Å². The maximum atomic E-state index is 13.5. The van der Waals surface area contributed by atoms with Gasteiger partial charge in [0.1, 0.15) is 5.82 Å². The van der Waals surface area contributed by atoms with Gasteiger partial charge in [-0.2, -0.15) is 0 Å². The SMILES string of the molecule is CCCCOc1c(OCCCC)c(C(=O)OCC)n(-c2ccc(F)cc2)c1C(N)=O. The van der Waals surface area contributed by atoms with Crippen molar-refractivity contribution >= 4 is 11.9 Å². The summed E-state index contributed by atoms with van der Waals surface area (Å²) in [5.41, 5.74) is 5.97. The van der Waals surface area contributed by atoms with Crippen LogP contribution in [0.25, 0.3) is 5.69 Å². The largest absolute Gasteiger partial charge is 0.487 e. The number of esters is 1. The van der Waals surface area contributed by atoms with E-state index in [2.05, 4.69) is 0 Å². The van der Waals surface area contributed by atoms with E-state index < -0.39 is 17.7 Å². The van der Waals surface area contributed by atoms with Crippen molar-refractivity contribution in [2.45, 2.75) is 46.5 Å². The molecule has 1 heterocycles. The minimum atomic E-state index is -0.804. The first-order valence-electron chi connectivity index (χ1n) is 10.2. The zero-order valence-corrected chi connectivity index (χ0v) is 17.7. The lowest BCUT2D eigenvalue weighted by atomic mass is 10.3. The van der Waals surface area contributed by atoms with Crippen LogP contribution in [-0.2, 0) is 4.74 Å². The first-order valence-corrected chi connectivity index (χ1v) is 10.2. The molecule has 0 aliphatic rings. The predicted molar refractivity (Wildman–Crippen MR) is 111 cm³/mol. The molecular weight excluding hydrogens is 391 g/mol. The topological polar surface area (TPSA) is 92.8 Å². The van der Waals surface area contributed by atoms with Crippen LogP contribution in [0.3, 0.4) is 0 Å². The van der Waals surface area contributed by atoms with E-state index in [-0.39, 0.29) is 29.5 Å². The monoisotopic (exact) mass is 420 g/mol. The van der Waals surface area contributed by atoms with E-state index in [1.165, 1.54) is 28.8 Å². The number of benzene rings is 1. The first kappa shape index (κ1) is 23.3. The summed E-state index contributed by atoms with van der Waals surface area (Å²) in [6.07, 6.45) is 3.23. The van der Waals surface area contributed by atoms with Gasteiger partial charge in [-0.1, -0.05) is 26.7 Å². The fourth-order valence-electron chi connectivity index (χ4n) is 2.89. The zero-order chi connectivity index (χ0) is 22.1. The second-order valence-corrected chi connectivity index (χ2v) is 6.66. The highest BCUT2D eigenvalue weighted by atomic mass is 19.1. The van der Waals surface area contributed by atoms with Gasteiger partial charge in [0.25, 0.3) is 5.91 Å². The van der Waals surface area contributed by atoms with Crippen LogP contribution in [0.15, 0.2) is 24.3 Å². The number of nitrogens with zero attached hydrogens (tertiary/aromatic N) is 1. The summed E-state index contributed by atoms with van der Waals surface area (Å²) >= 11 is 0. The van der Waals surface area contributed by atoms with Crippen molar-refractivity contribution in [2.24, 2.45) is 5.73 Å². The molecule has 0 aliphatic carbocycles. The maximum Gasteiger partial charge on any atom is 0.359 e. The molecule has 0 saturated heterocycles. The Morgan fingerprint density at radius 1 is 0.933 bits per heavy atom. The third kappa shape index (κ3) is 5.31. The van der Waals surface area contributed by atoms with Gasteiger partial charge in [0.15, 0.2) is 22.9 Å². The number of primary amides is 1. The Hall–Kier alpha value is -3.03. The van der Waals surface area contributed by atoms with Crippen LogP contribution in [0.2, 0.25) is 0 Å². The Bertz CT molecular complexity index is 861. The summed E-state index contributed by atoms with van der Waals surface area (Å²) in [6, 6.07) is 5.33. The lowest BCUT2D eigenvalue weighted by Crippen LogP contribution is -2.20. The van der Waals surface area contributed by atoms with Crippen LogP contribution in [-0.4, -0.2) is 36.3 Å². The number of carbonyl (C=O) groups excluding carboxylic acids is 2. The second kappa shape index (κ2) is 11.2. The van der Waals surface area contributed by atoms with E-state index in [1.807, 2.05) is 13.8 Å². The number of amides is 1. The molecule has 8 heteroatoms. The van der Waals surface area contributed by atoms with Crippen LogP contribution in [0.5, 0.6) is 11.5 Å². The van der Waals surface area contributed by atoms with E-state index in [1.54, 1.807) is 6.92 Å². The van der Waals surface area contributed by atoms with Gasteiger partial charge >= 0.3 is 5.97 Å². The van der Waals surface area contributed by atoms with Crippen molar-refractivity contribution in [1.29, 1.82) is 0 Å². The van der Waals surface area contributed by atoms with E-state index in [9.17, 15) is 14.0 Å². The molecule has 0 unspecified atom stereocenters. The highest BCUT2D eigenvalue weighted by Gasteiger charge is 2.34. The fourth-order valence-corrected chi connectivity index (χ4v) is 2.89. The van der Waals surface area contributed by atoms with Gasteiger partial charge in [-0.25, -0.2) is 9.18 Å². The molecule has 1 aromatic heterocycles. The average molecular weight is 420 g/mol. The number of carbonyl (C=O) groups is 2. The Balaban J connectivity index is 2.76. The summed E-state index contributed by atoms with van der Waals surface area (Å²) in [5, 5.41) is 0. The summed E-state index contributed by atoms with van der Waals surface area (Å²) in [6.45, 7) is 6.45. The molecule has 1 amide bonds. The summed E-state index contributed by atoms with van der Waals surface area (Å²) in [4.78, 5) is 25.3. The highest BCUT2D eigenvalue weighted by molar-refractivity contribution is 6.02. The normalized spacial score (nSPS) is 10.7. The van der Waals surface area contributed by atoms with Crippen LogP contribution >= 0.6 is 0 Å². The second-order valence-electron chi connectivity index (χ2n) is 6.66. The summed E-state index contributed by atoms with van der Waals surface area (Å²) in [5.74, 6) is -1.75. The Morgan fingerprint density at radius 2 is 1.47 bits per heavy atom. The lowest BCUT2D eigenvalue weighted by molar-refractivity contribution is 0.0511. The van der Waals surface area contributed by atoms with Crippen molar-refractivity contribution in [3.63, 3.8) is 0 Å². The number of rotatable bonds is 12. The van der Waals surface area contributed by atoms with E-state index >= 15 is 0 Å². The van der Waals surface area contributed by atoms with Gasteiger partial charge in [0.2, 0.25) is 0 Å². The quantitative estimate of drug-likeness (QED) is 0.409. The predicted octanol–water partition coefficient (Wildman–Crippen LogP) is 4.25. The van der Waals surface area contributed by atoms with Crippen molar-refractivity contribution < 1.29 is 28.2 Å². The number of nitrogens with two attached hydrogens (primary N) is 1. The molecule has 1 aromatic carbocycles. The van der Waals surface area contributed by atoms with Gasteiger partial charge < -0.3 is 19.9 Å².